The average molecular weight is 247 g/mol. The molecule has 0 amide bonds. The third-order valence-electron chi connectivity index (χ3n) is 3.39. The predicted octanol–water partition coefficient (Wildman–Crippen LogP) is 2.23. The molecule has 1 unspecified atom stereocenters. The zero-order valence-corrected chi connectivity index (χ0v) is 10.9. The van der Waals surface area contributed by atoms with Gasteiger partial charge in [-0.1, -0.05) is 0 Å². The van der Waals surface area contributed by atoms with Gasteiger partial charge in [-0.25, -0.2) is 4.39 Å². The van der Waals surface area contributed by atoms with Crippen molar-refractivity contribution in [3.8, 4) is 6.07 Å². The summed E-state index contributed by atoms with van der Waals surface area (Å²) >= 11 is 0. The van der Waals surface area contributed by atoms with Crippen LogP contribution in [0.4, 0.5) is 10.1 Å². The summed E-state index contributed by atoms with van der Waals surface area (Å²) in [5.41, 5.74) is 1.20. The lowest BCUT2D eigenvalue weighted by Gasteiger charge is -2.30. The van der Waals surface area contributed by atoms with E-state index in [2.05, 4.69) is 23.8 Å². The molecule has 1 aliphatic rings. The average Bonchev–Trinajstić information content (AvgIpc) is 2.49. The van der Waals surface area contributed by atoms with Crippen LogP contribution in [0.15, 0.2) is 18.2 Å². The Morgan fingerprint density at radius 1 is 1.33 bits per heavy atom. The number of halogens is 1. The molecule has 1 fully saturated rings. The Bertz CT molecular complexity index is 467. The molecule has 4 heteroatoms. The van der Waals surface area contributed by atoms with Crippen LogP contribution in [0.2, 0.25) is 0 Å². The second kappa shape index (κ2) is 5.36. The molecule has 0 aliphatic carbocycles. The van der Waals surface area contributed by atoms with Crippen LogP contribution in [0.5, 0.6) is 0 Å². The van der Waals surface area contributed by atoms with Crippen molar-refractivity contribution >= 4 is 5.69 Å². The van der Waals surface area contributed by atoms with Crippen LogP contribution in [0.3, 0.4) is 0 Å². The van der Waals surface area contributed by atoms with E-state index in [-0.39, 0.29) is 5.82 Å². The number of hydrogen-bond donors (Lipinski definition) is 0. The topological polar surface area (TPSA) is 30.3 Å². The third-order valence-corrected chi connectivity index (χ3v) is 3.39. The van der Waals surface area contributed by atoms with Crippen molar-refractivity contribution in [3.05, 3.63) is 29.6 Å². The van der Waals surface area contributed by atoms with Crippen LogP contribution in [0.25, 0.3) is 0 Å². The molecule has 1 saturated heterocycles. The first-order valence-corrected chi connectivity index (χ1v) is 6.26. The third kappa shape index (κ3) is 2.80. The predicted molar refractivity (Wildman–Crippen MR) is 70.0 cm³/mol. The van der Waals surface area contributed by atoms with Gasteiger partial charge in [0.2, 0.25) is 0 Å². The van der Waals surface area contributed by atoms with Crippen LogP contribution in [0.1, 0.15) is 18.9 Å². The largest absolute Gasteiger partial charge is 0.367 e. The summed E-state index contributed by atoms with van der Waals surface area (Å²) in [7, 11) is 2.10. The molecule has 18 heavy (non-hydrogen) atoms. The van der Waals surface area contributed by atoms with Gasteiger partial charge in [0.05, 0.1) is 11.6 Å². The fraction of sp³-hybridized carbons (Fsp3) is 0.500. The highest BCUT2D eigenvalue weighted by Crippen LogP contribution is 2.22. The number of benzene rings is 1. The van der Waals surface area contributed by atoms with Crippen molar-refractivity contribution in [3.63, 3.8) is 0 Å². The SMILES string of the molecule is CC1CN(C)CCCN1c1cc(F)cc(C#N)c1. The van der Waals surface area contributed by atoms with E-state index in [1.165, 1.54) is 12.1 Å². The molecule has 0 aromatic heterocycles. The van der Waals surface area contributed by atoms with Gasteiger partial charge < -0.3 is 9.80 Å². The van der Waals surface area contributed by atoms with Gasteiger partial charge in [0.25, 0.3) is 0 Å². The van der Waals surface area contributed by atoms with E-state index in [4.69, 9.17) is 5.26 Å². The quantitative estimate of drug-likeness (QED) is 0.762. The lowest BCUT2D eigenvalue weighted by Crippen LogP contribution is -2.38. The highest BCUT2D eigenvalue weighted by atomic mass is 19.1. The molecule has 0 radical (unpaired) electrons. The van der Waals surface area contributed by atoms with Gasteiger partial charge in [-0.2, -0.15) is 5.26 Å². The van der Waals surface area contributed by atoms with Crippen molar-refractivity contribution < 1.29 is 4.39 Å². The standard InChI is InChI=1S/C14H18FN3/c1-11-10-17(2)4-3-5-18(11)14-7-12(9-16)6-13(15)8-14/h6-8,11H,3-5,10H2,1-2H3. The molecular weight excluding hydrogens is 229 g/mol. The van der Waals surface area contributed by atoms with E-state index < -0.39 is 0 Å². The van der Waals surface area contributed by atoms with Gasteiger partial charge in [-0.3, -0.25) is 0 Å². The lowest BCUT2D eigenvalue weighted by atomic mass is 10.1. The zero-order chi connectivity index (χ0) is 13.1. The summed E-state index contributed by atoms with van der Waals surface area (Å²) in [5, 5.41) is 8.90. The highest BCUT2D eigenvalue weighted by Gasteiger charge is 2.20. The van der Waals surface area contributed by atoms with Crippen molar-refractivity contribution in [2.45, 2.75) is 19.4 Å². The molecule has 1 aromatic rings. The molecule has 1 heterocycles. The van der Waals surface area contributed by atoms with E-state index in [9.17, 15) is 4.39 Å². The van der Waals surface area contributed by atoms with E-state index in [0.717, 1.165) is 31.7 Å². The Morgan fingerprint density at radius 2 is 2.11 bits per heavy atom. The van der Waals surface area contributed by atoms with Crippen molar-refractivity contribution in [1.82, 2.24) is 4.90 Å². The summed E-state index contributed by atoms with van der Waals surface area (Å²) in [6, 6.07) is 6.90. The Morgan fingerprint density at radius 3 is 2.83 bits per heavy atom. The van der Waals surface area contributed by atoms with Crippen LogP contribution in [-0.4, -0.2) is 37.6 Å². The van der Waals surface area contributed by atoms with E-state index in [0.29, 0.717) is 11.6 Å². The second-order valence-corrected chi connectivity index (χ2v) is 4.97. The minimum Gasteiger partial charge on any atom is -0.367 e. The first-order valence-electron chi connectivity index (χ1n) is 6.26. The summed E-state index contributed by atoms with van der Waals surface area (Å²) in [6.45, 7) is 5.05. The summed E-state index contributed by atoms with van der Waals surface area (Å²) in [6.07, 6.45) is 1.05. The minimum atomic E-state index is -0.339. The minimum absolute atomic E-state index is 0.325. The maximum absolute atomic E-state index is 13.5. The number of likely N-dealkylation sites (N-methyl/N-ethyl adjacent to an activating group) is 1. The Balaban J connectivity index is 2.29. The van der Waals surface area contributed by atoms with Crippen LogP contribution in [-0.2, 0) is 0 Å². The molecular formula is C14H18FN3. The molecule has 1 aromatic carbocycles. The first kappa shape index (κ1) is 12.8. The molecule has 1 atom stereocenters. The molecule has 0 bridgehead atoms. The molecule has 0 saturated carbocycles. The van der Waals surface area contributed by atoms with Crippen molar-refractivity contribution in [1.29, 1.82) is 5.26 Å². The van der Waals surface area contributed by atoms with Gasteiger partial charge in [-0.15, -0.1) is 0 Å². The normalized spacial score (nSPS) is 21.4. The molecule has 2 rings (SSSR count). The number of nitrogens with zero attached hydrogens (tertiary/aromatic N) is 3. The molecule has 0 spiro atoms. The van der Waals surface area contributed by atoms with E-state index >= 15 is 0 Å². The van der Waals surface area contributed by atoms with E-state index in [1.807, 2.05) is 6.07 Å². The summed E-state index contributed by atoms with van der Waals surface area (Å²) < 4.78 is 13.5. The number of rotatable bonds is 1. The van der Waals surface area contributed by atoms with Crippen LogP contribution >= 0.6 is 0 Å². The Kier molecular flexibility index (Phi) is 3.83. The monoisotopic (exact) mass is 247 g/mol. The zero-order valence-electron chi connectivity index (χ0n) is 10.9. The van der Waals surface area contributed by atoms with Gasteiger partial charge in [-0.05, 0) is 45.1 Å². The van der Waals surface area contributed by atoms with Crippen molar-refractivity contribution in [2.75, 3.05) is 31.6 Å². The molecule has 1 aliphatic heterocycles. The summed E-state index contributed by atoms with van der Waals surface area (Å²) in [5.74, 6) is -0.339. The number of hydrogen-bond acceptors (Lipinski definition) is 3. The van der Waals surface area contributed by atoms with Gasteiger partial charge >= 0.3 is 0 Å². The van der Waals surface area contributed by atoms with Gasteiger partial charge in [0.15, 0.2) is 0 Å². The summed E-state index contributed by atoms with van der Waals surface area (Å²) in [4.78, 5) is 4.47. The van der Waals surface area contributed by atoms with Crippen LogP contribution < -0.4 is 4.90 Å². The number of nitriles is 1. The molecule has 3 nitrogen and oxygen atoms in total. The van der Waals surface area contributed by atoms with Crippen LogP contribution in [0, 0.1) is 17.1 Å². The fourth-order valence-corrected chi connectivity index (χ4v) is 2.56. The molecule has 0 N–H and O–H groups in total. The fourth-order valence-electron chi connectivity index (χ4n) is 2.56. The van der Waals surface area contributed by atoms with Gasteiger partial charge in [0, 0.05) is 24.8 Å². The lowest BCUT2D eigenvalue weighted by molar-refractivity contribution is 0.337. The maximum atomic E-state index is 13.5. The maximum Gasteiger partial charge on any atom is 0.126 e. The van der Waals surface area contributed by atoms with E-state index in [1.54, 1.807) is 6.07 Å². The van der Waals surface area contributed by atoms with Crippen molar-refractivity contribution in [2.24, 2.45) is 0 Å². The molecule has 96 valence electrons. The Labute approximate surface area is 107 Å². The smallest absolute Gasteiger partial charge is 0.126 e. The van der Waals surface area contributed by atoms with Gasteiger partial charge in [0.1, 0.15) is 5.82 Å². The first-order chi connectivity index (χ1) is 8.60. The number of anilines is 1. The highest BCUT2D eigenvalue weighted by molar-refractivity contribution is 5.52. The Hall–Kier alpha value is -1.60. The second-order valence-electron chi connectivity index (χ2n) is 4.97.